The van der Waals surface area contributed by atoms with Gasteiger partial charge in [-0.25, -0.2) is 0 Å². The van der Waals surface area contributed by atoms with Crippen LogP contribution in [0.2, 0.25) is 0 Å². The molecule has 0 saturated carbocycles. The van der Waals surface area contributed by atoms with Gasteiger partial charge in [-0.1, -0.05) is 35.2 Å². The number of rotatable bonds is 10. The number of benzene rings is 2. The number of carbonyl (C=O) groups excluding carboxylic acids is 1. The van der Waals surface area contributed by atoms with Gasteiger partial charge in [-0.3, -0.25) is 4.79 Å². The number of methoxy groups -OCH3 is 2. The van der Waals surface area contributed by atoms with Gasteiger partial charge in [-0.2, -0.15) is 0 Å². The van der Waals surface area contributed by atoms with E-state index in [1.54, 1.807) is 14.2 Å². The van der Waals surface area contributed by atoms with Crippen molar-refractivity contribution >= 4 is 39.8 Å². The summed E-state index contributed by atoms with van der Waals surface area (Å²) in [5.41, 5.74) is 4.51. The lowest BCUT2D eigenvalue weighted by molar-refractivity contribution is -0.118. The van der Waals surface area contributed by atoms with Crippen molar-refractivity contribution in [2.45, 2.75) is 24.6 Å². The predicted octanol–water partition coefficient (Wildman–Crippen LogP) is 4.37. The Kier molecular flexibility index (Phi) is 8.13. The molecule has 0 aliphatic rings. The zero-order chi connectivity index (χ0) is 22.2. The summed E-state index contributed by atoms with van der Waals surface area (Å²) in [6, 6.07) is 11.9. The van der Waals surface area contributed by atoms with E-state index in [1.165, 1.54) is 34.2 Å². The van der Waals surface area contributed by atoms with Crippen LogP contribution in [0.3, 0.4) is 0 Å². The molecule has 0 spiro atoms. The van der Waals surface area contributed by atoms with Crippen LogP contribution >= 0.6 is 23.1 Å². The second-order valence-corrected chi connectivity index (χ2v) is 9.08. The number of aryl methyl sites for hydroxylation is 2. The Morgan fingerprint density at radius 2 is 1.84 bits per heavy atom. The third kappa shape index (κ3) is 6.60. The number of hydrogen-bond donors (Lipinski definition) is 2. The van der Waals surface area contributed by atoms with Gasteiger partial charge in [0, 0.05) is 12.2 Å². The molecule has 0 aliphatic heterocycles. The Morgan fingerprint density at radius 1 is 1.03 bits per heavy atom. The highest BCUT2D eigenvalue weighted by molar-refractivity contribution is 8.01. The van der Waals surface area contributed by atoms with Crippen molar-refractivity contribution in [3.8, 4) is 11.5 Å². The van der Waals surface area contributed by atoms with E-state index in [1.807, 2.05) is 24.3 Å². The Balaban J connectivity index is 1.42. The summed E-state index contributed by atoms with van der Waals surface area (Å²) < 4.78 is 11.3. The monoisotopic (exact) mass is 458 g/mol. The van der Waals surface area contributed by atoms with Crippen molar-refractivity contribution in [2.24, 2.45) is 0 Å². The zero-order valence-corrected chi connectivity index (χ0v) is 19.7. The standard InChI is InChI=1S/C22H26N4O3S2/c1-14-5-7-17(11-15(14)2)24-21-25-26-22(31-21)30-13-20(27)23-10-9-16-6-8-18(28-3)19(12-16)29-4/h5-8,11-12H,9-10,13H2,1-4H3,(H,23,27)(H,24,25). The number of anilines is 2. The number of hydrogen-bond acceptors (Lipinski definition) is 8. The van der Waals surface area contributed by atoms with E-state index in [9.17, 15) is 4.79 Å². The molecule has 0 radical (unpaired) electrons. The Bertz CT molecular complexity index is 1040. The Hall–Kier alpha value is -2.78. The minimum Gasteiger partial charge on any atom is -0.493 e. The first-order valence-corrected chi connectivity index (χ1v) is 11.6. The third-order valence-electron chi connectivity index (χ3n) is 4.68. The van der Waals surface area contributed by atoms with Crippen LogP contribution in [0.5, 0.6) is 11.5 Å². The SMILES string of the molecule is COc1ccc(CCNC(=O)CSc2nnc(Nc3ccc(C)c(C)c3)s2)cc1OC. The topological polar surface area (TPSA) is 85.4 Å². The molecule has 0 bridgehead atoms. The van der Waals surface area contributed by atoms with Crippen molar-refractivity contribution < 1.29 is 14.3 Å². The zero-order valence-electron chi connectivity index (χ0n) is 18.0. The van der Waals surface area contributed by atoms with Crippen LogP contribution in [0, 0.1) is 13.8 Å². The van der Waals surface area contributed by atoms with E-state index in [0.717, 1.165) is 15.6 Å². The highest BCUT2D eigenvalue weighted by atomic mass is 32.2. The number of thioether (sulfide) groups is 1. The molecule has 164 valence electrons. The molecular formula is C22H26N4O3S2. The van der Waals surface area contributed by atoms with Gasteiger partial charge in [0.15, 0.2) is 15.8 Å². The van der Waals surface area contributed by atoms with Gasteiger partial charge >= 0.3 is 0 Å². The first-order valence-electron chi connectivity index (χ1n) is 9.76. The second kappa shape index (κ2) is 11.0. The Labute approximate surface area is 190 Å². The maximum Gasteiger partial charge on any atom is 0.230 e. The number of carbonyl (C=O) groups is 1. The van der Waals surface area contributed by atoms with Crippen LogP contribution in [0.25, 0.3) is 0 Å². The molecule has 9 heteroatoms. The van der Waals surface area contributed by atoms with Gasteiger partial charge < -0.3 is 20.1 Å². The van der Waals surface area contributed by atoms with E-state index in [4.69, 9.17) is 9.47 Å². The number of nitrogens with zero attached hydrogens (tertiary/aromatic N) is 2. The highest BCUT2D eigenvalue weighted by Crippen LogP contribution is 2.29. The lowest BCUT2D eigenvalue weighted by Gasteiger charge is -2.10. The number of aromatic nitrogens is 2. The molecule has 1 amide bonds. The average Bonchev–Trinajstić information content (AvgIpc) is 3.22. The van der Waals surface area contributed by atoms with Crippen LogP contribution in [-0.4, -0.2) is 42.6 Å². The van der Waals surface area contributed by atoms with E-state index >= 15 is 0 Å². The first kappa shape index (κ1) is 22.9. The van der Waals surface area contributed by atoms with Gasteiger partial charge in [-0.05, 0) is 61.2 Å². The summed E-state index contributed by atoms with van der Waals surface area (Å²) in [5.74, 6) is 1.63. The number of amides is 1. The maximum absolute atomic E-state index is 12.2. The molecule has 3 rings (SSSR count). The lowest BCUT2D eigenvalue weighted by atomic mass is 10.1. The number of ether oxygens (including phenoxy) is 2. The van der Waals surface area contributed by atoms with E-state index in [2.05, 4.69) is 46.8 Å². The molecule has 0 aliphatic carbocycles. The minimum atomic E-state index is -0.0376. The van der Waals surface area contributed by atoms with Gasteiger partial charge in [-0.15, -0.1) is 10.2 Å². The van der Waals surface area contributed by atoms with Crippen molar-refractivity contribution in [1.82, 2.24) is 15.5 Å². The van der Waals surface area contributed by atoms with Crippen LogP contribution in [0.4, 0.5) is 10.8 Å². The van der Waals surface area contributed by atoms with Gasteiger partial charge in [0.25, 0.3) is 0 Å². The molecule has 7 nitrogen and oxygen atoms in total. The fourth-order valence-corrected chi connectivity index (χ4v) is 4.42. The molecule has 3 aromatic rings. The van der Waals surface area contributed by atoms with E-state index in [0.29, 0.717) is 35.3 Å². The van der Waals surface area contributed by atoms with Crippen molar-refractivity contribution in [2.75, 3.05) is 31.8 Å². The summed E-state index contributed by atoms with van der Waals surface area (Å²) in [6.07, 6.45) is 0.708. The van der Waals surface area contributed by atoms with Crippen LogP contribution < -0.4 is 20.1 Å². The molecule has 0 unspecified atom stereocenters. The third-order valence-corrected chi connectivity index (χ3v) is 6.65. The van der Waals surface area contributed by atoms with Gasteiger partial charge in [0.2, 0.25) is 11.0 Å². The summed E-state index contributed by atoms with van der Waals surface area (Å²) in [7, 11) is 3.21. The molecule has 1 aromatic heterocycles. The minimum absolute atomic E-state index is 0.0376. The molecule has 0 saturated heterocycles. The van der Waals surface area contributed by atoms with E-state index < -0.39 is 0 Å². The van der Waals surface area contributed by atoms with Crippen LogP contribution in [0.15, 0.2) is 40.7 Å². The summed E-state index contributed by atoms with van der Waals surface area (Å²) in [4.78, 5) is 12.2. The van der Waals surface area contributed by atoms with Crippen molar-refractivity contribution in [3.63, 3.8) is 0 Å². The van der Waals surface area contributed by atoms with Crippen LogP contribution in [0.1, 0.15) is 16.7 Å². The lowest BCUT2D eigenvalue weighted by Crippen LogP contribution is -2.27. The largest absolute Gasteiger partial charge is 0.493 e. The average molecular weight is 459 g/mol. The van der Waals surface area contributed by atoms with Crippen molar-refractivity contribution in [1.29, 1.82) is 0 Å². The summed E-state index contributed by atoms with van der Waals surface area (Å²) in [6.45, 7) is 4.70. The second-order valence-electron chi connectivity index (χ2n) is 6.88. The van der Waals surface area contributed by atoms with Crippen LogP contribution in [-0.2, 0) is 11.2 Å². The molecule has 0 atom stereocenters. The fourth-order valence-electron chi connectivity index (χ4n) is 2.82. The first-order chi connectivity index (χ1) is 15.0. The van der Waals surface area contributed by atoms with Gasteiger partial charge in [0.05, 0.1) is 20.0 Å². The predicted molar refractivity (Wildman–Crippen MR) is 126 cm³/mol. The maximum atomic E-state index is 12.2. The molecule has 2 N–H and O–H groups in total. The summed E-state index contributed by atoms with van der Waals surface area (Å²) in [5, 5.41) is 15.2. The van der Waals surface area contributed by atoms with E-state index in [-0.39, 0.29) is 5.91 Å². The van der Waals surface area contributed by atoms with Crippen molar-refractivity contribution in [3.05, 3.63) is 53.1 Å². The van der Waals surface area contributed by atoms with Gasteiger partial charge in [0.1, 0.15) is 0 Å². The smallest absolute Gasteiger partial charge is 0.230 e. The quantitative estimate of drug-likeness (QED) is 0.437. The molecule has 2 aromatic carbocycles. The fraction of sp³-hybridized carbons (Fsp3) is 0.318. The Morgan fingerprint density at radius 3 is 2.58 bits per heavy atom. The number of nitrogens with one attached hydrogen (secondary N) is 2. The normalized spacial score (nSPS) is 10.6. The molecule has 31 heavy (non-hydrogen) atoms. The summed E-state index contributed by atoms with van der Waals surface area (Å²) >= 11 is 2.81. The molecule has 0 fully saturated rings. The highest BCUT2D eigenvalue weighted by Gasteiger charge is 2.09. The molecular weight excluding hydrogens is 432 g/mol. The molecule has 1 heterocycles.